The number of alkyl halides is 3. The van der Waals surface area contributed by atoms with E-state index >= 15 is 0 Å². The molecule has 1 saturated heterocycles. The number of carbonyl (C=O) groups is 1. The Balaban J connectivity index is 1.74. The maximum absolute atomic E-state index is 13.0. The van der Waals surface area contributed by atoms with Gasteiger partial charge in [-0.05, 0) is 43.9 Å². The van der Waals surface area contributed by atoms with Crippen molar-refractivity contribution in [2.45, 2.75) is 38.3 Å². The lowest BCUT2D eigenvalue weighted by molar-refractivity contribution is -0.137. The fourth-order valence-corrected chi connectivity index (χ4v) is 3.55. The van der Waals surface area contributed by atoms with Gasteiger partial charge in [-0.25, -0.2) is 4.79 Å². The van der Waals surface area contributed by atoms with Crippen LogP contribution in [0.1, 0.15) is 37.7 Å². The molecule has 144 valence electrons. The molecule has 5 nitrogen and oxygen atoms in total. The summed E-state index contributed by atoms with van der Waals surface area (Å²) in [6.07, 6.45) is 0.177. The Hall–Kier alpha value is -1.96. The number of benzene rings is 1. The summed E-state index contributed by atoms with van der Waals surface area (Å²) in [5.41, 5.74) is -0.318. The number of halogens is 3. The Labute approximate surface area is 150 Å². The molecule has 0 unspecified atom stereocenters. The average molecular weight is 371 g/mol. The van der Waals surface area contributed by atoms with Crippen molar-refractivity contribution in [1.82, 2.24) is 5.32 Å². The van der Waals surface area contributed by atoms with Gasteiger partial charge in [0, 0.05) is 25.0 Å². The lowest BCUT2D eigenvalue weighted by atomic mass is 9.69. The van der Waals surface area contributed by atoms with Gasteiger partial charge in [0.05, 0.1) is 23.5 Å². The number of amides is 2. The number of carbonyl (C=O) groups excluding carboxylic acids is 1. The molecule has 2 amide bonds. The van der Waals surface area contributed by atoms with E-state index in [0.29, 0.717) is 12.2 Å². The van der Waals surface area contributed by atoms with Gasteiger partial charge in [0.15, 0.2) is 0 Å². The standard InChI is InChI=1S/C18H24F3N3O2/c19-18(20,21)13-4-5-15(24-8-1-2-9-24)14(10-13)23-16(26)22-11-17(12-25)6-3-7-17/h4-5,10,25H,1-3,6-9,11-12H2,(H2,22,23,26). The summed E-state index contributed by atoms with van der Waals surface area (Å²) in [7, 11) is 0. The molecule has 3 rings (SSSR count). The predicted molar refractivity (Wildman–Crippen MR) is 93.3 cm³/mol. The quantitative estimate of drug-likeness (QED) is 0.741. The first-order valence-electron chi connectivity index (χ1n) is 8.95. The second-order valence-electron chi connectivity index (χ2n) is 7.24. The van der Waals surface area contributed by atoms with Crippen LogP contribution in [0.15, 0.2) is 18.2 Å². The minimum absolute atomic E-state index is 0.00410. The third-order valence-electron chi connectivity index (χ3n) is 5.39. The van der Waals surface area contributed by atoms with Crippen LogP contribution in [0, 0.1) is 5.41 Å². The van der Waals surface area contributed by atoms with Gasteiger partial charge < -0.3 is 20.6 Å². The molecule has 0 bridgehead atoms. The minimum atomic E-state index is -4.47. The van der Waals surface area contributed by atoms with Crippen molar-refractivity contribution in [3.63, 3.8) is 0 Å². The van der Waals surface area contributed by atoms with E-state index in [1.54, 1.807) is 0 Å². The van der Waals surface area contributed by atoms with E-state index in [1.807, 2.05) is 4.90 Å². The van der Waals surface area contributed by atoms with E-state index in [4.69, 9.17) is 0 Å². The number of aliphatic hydroxyl groups is 1. The Morgan fingerprint density at radius 2 is 1.88 bits per heavy atom. The first-order chi connectivity index (χ1) is 12.3. The number of anilines is 2. The highest BCUT2D eigenvalue weighted by atomic mass is 19.4. The molecule has 1 aromatic carbocycles. The van der Waals surface area contributed by atoms with Crippen LogP contribution in [0.4, 0.5) is 29.3 Å². The van der Waals surface area contributed by atoms with Crippen LogP contribution < -0.4 is 15.5 Å². The van der Waals surface area contributed by atoms with Gasteiger partial charge in [-0.3, -0.25) is 0 Å². The highest BCUT2D eigenvalue weighted by Gasteiger charge is 2.36. The lowest BCUT2D eigenvalue weighted by Crippen LogP contribution is -2.45. The molecule has 1 heterocycles. The summed E-state index contributed by atoms with van der Waals surface area (Å²) >= 11 is 0. The summed E-state index contributed by atoms with van der Waals surface area (Å²) < 4.78 is 39.1. The van der Waals surface area contributed by atoms with Gasteiger partial charge in [-0.2, -0.15) is 13.2 Å². The number of nitrogens with one attached hydrogen (secondary N) is 2. The fraction of sp³-hybridized carbons (Fsp3) is 0.611. The number of urea groups is 1. The largest absolute Gasteiger partial charge is 0.416 e. The number of nitrogens with zero attached hydrogens (tertiary/aromatic N) is 1. The summed E-state index contributed by atoms with van der Waals surface area (Å²) in [4.78, 5) is 14.2. The van der Waals surface area contributed by atoms with Crippen molar-refractivity contribution in [2.75, 3.05) is 36.5 Å². The molecule has 2 fully saturated rings. The van der Waals surface area contributed by atoms with Crippen LogP contribution in [0.25, 0.3) is 0 Å². The molecule has 3 N–H and O–H groups in total. The van der Waals surface area contributed by atoms with Crippen LogP contribution >= 0.6 is 0 Å². The van der Waals surface area contributed by atoms with Crippen LogP contribution in [0.5, 0.6) is 0 Å². The Morgan fingerprint density at radius 1 is 1.19 bits per heavy atom. The SMILES string of the molecule is O=C(NCC1(CO)CCC1)Nc1cc(C(F)(F)F)ccc1N1CCCC1. The number of aliphatic hydroxyl groups excluding tert-OH is 1. The van der Waals surface area contributed by atoms with Crippen molar-refractivity contribution in [1.29, 1.82) is 0 Å². The molecule has 0 radical (unpaired) electrons. The fourth-order valence-electron chi connectivity index (χ4n) is 3.55. The summed E-state index contributed by atoms with van der Waals surface area (Å²) in [5.74, 6) is 0. The molecule has 0 spiro atoms. The molecule has 1 saturated carbocycles. The van der Waals surface area contributed by atoms with Crippen molar-refractivity contribution >= 4 is 17.4 Å². The van der Waals surface area contributed by atoms with E-state index in [-0.39, 0.29) is 17.7 Å². The molecular weight excluding hydrogens is 347 g/mol. The highest BCUT2D eigenvalue weighted by molar-refractivity contribution is 5.93. The smallest absolute Gasteiger partial charge is 0.396 e. The van der Waals surface area contributed by atoms with E-state index in [2.05, 4.69) is 10.6 Å². The van der Waals surface area contributed by atoms with Crippen molar-refractivity contribution in [3.05, 3.63) is 23.8 Å². The third kappa shape index (κ3) is 4.06. The number of hydrogen-bond acceptors (Lipinski definition) is 3. The Bertz CT molecular complexity index is 648. The Morgan fingerprint density at radius 3 is 2.42 bits per heavy atom. The Kier molecular flexibility index (Phi) is 5.32. The molecule has 26 heavy (non-hydrogen) atoms. The molecular formula is C18H24F3N3O2. The van der Waals surface area contributed by atoms with E-state index in [9.17, 15) is 23.1 Å². The molecule has 0 atom stereocenters. The molecule has 1 aromatic rings. The van der Waals surface area contributed by atoms with Gasteiger partial charge in [0.2, 0.25) is 0 Å². The lowest BCUT2D eigenvalue weighted by Gasteiger charge is -2.40. The molecule has 0 aromatic heterocycles. The zero-order valence-electron chi connectivity index (χ0n) is 14.5. The second kappa shape index (κ2) is 7.34. The van der Waals surface area contributed by atoms with Gasteiger partial charge in [0.25, 0.3) is 0 Å². The summed E-state index contributed by atoms with van der Waals surface area (Å²) in [6, 6.07) is 2.90. The van der Waals surface area contributed by atoms with Crippen LogP contribution in [-0.2, 0) is 6.18 Å². The highest BCUT2D eigenvalue weighted by Crippen LogP contribution is 2.40. The normalized spacial score (nSPS) is 19.2. The van der Waals surface area contributed by atoms with Crippen molar-refractivity contribution in [2.24, 2.45) is 5.41 Å². The summed E-state index contributed by atoms with van der Waals surface area (Å²) in [5, 5.41) is 14.7. The van der Waals surface area contributed by atoms with Crippen LogP contribution in [0.3, 0.4) is 0 Å². The van der Waals surface area contributed by atoms with Gasteiger partial charge >= 0.3 is 12.2 Å². The average Bonchev–Trinajstić information content (AvgIpc) is 3.07. The van der Waals surface area contributed by atoms with E-state index in [1.165, 1.54) is 6.07 Å². The van der Waals surface area contributed by atoms with E-state index in [0.717, 1.165) is 57.3 Å². The molecule has 2 aliphatic rings. The maximum Gasteiger partial charge on any atom is 0.416 e. The van der Waals surface area contributed by atoms with Gasteiger partial charge in [-0.1, -0.05) is 6.42 Å². The summed E-state index contributed by atoms with van der Waals surface area (Å²) in [6.45, 7) is 1.83. The van der Waals surface area contributed by atoms with Gasteiger partial charge in [0.1, 0.15) is 0 Å². The first-order valence-corrected chi connectivity index (χ1v) is 8.95. The van der Waals surface area contributed by atoms with Crippen LogP contribution in [-0.4, -0.2) is 37.4 Å². The topological polar surface area (TPSA) is 64.6 Å². The molecule has 1 aliphatic carbocycles. The zero-order valence-corrected chi connectivity index (χ0v) is 14.5. The van der Waals surface area contributed by atoms with Crippen LogP contribution in [0.2, 0.25) is 0 Å². The number of hydrogen-bond donors (Lipinski definition) is 3. The van der Waals surface area contributed by atoms with Gasteiger partial charge in [-0.15, -0.1) is 0 Å². The zero-order chi connectivity index (χ0) is 18.8. The second-order valence-corrected chi connectivity index (χ2v) is 7.24. The first kappa shape index (κ1) is 18.8. The maximum atomic E-state index is 13.0. The third-order valence-corrected chi connectivity index (χ3v) is 5.39. The molecule has 1 aliphatic heterocycles. The van der Waals surface area contributed by atoms with Crippen molar-refractivity contribution < 1.29 is 23.1 Å². The molecule has 8 heteroatoms. The number of rotatable bonds is 5. The predicted octanol–water partition coefficient (Wildman–Crippen LogP) is 3.59. The van der Waals surface area contributed by atoms with Crippen molar-refractivity contribution in [3.8, 4) is 0 Å². The monoisotopic (exact) mass is 371 g/mol. The minimum Gasteiger partial charge on any atom is -0.396 e. The van der Waals surface area contributed by atoms with E-state index < -0.39 is 17.8 Å².